The molecule has 0 aromatic heterocycles. The lowest BCUT2D eigenvalue weighted by Crippen LogP contribution is -2.33. The van der Waals surface area contributed by atoms with Gasteiger partial charge in [-0.25, -0.2) is 0 Å². The molecule has 0 aliphatic rings. The molecule has 0 saturated carbocycles. The molecule has 0 saturated heterocycles. The number of amides is 1. The van der Waals surface area contributed by atoms with Crippen LogP contribution in [0.1, 0.15) is 18.4 Å². The first-order valence-electron chi connectivity index (χ1n) is 7.70. The van der Waals surface area contributed by atoms with Crippen LogP contribution >= 0.6 is 11.6 Å². The quantitative estimate of drug-likeness (QED) is 0.519. The Hall–Kier alpha value is -2.57. The zero-order chi connectivity index (χ0) is 18.2. The van der Waals surface area contributed by atoms with Gasteiger partial charge in [-0.15, -0.1) is 0 Å². The maximum atomic E-state index is 11.9. The van der Waals surface area contributed by atoms with Gasteiger partial charge in [0.15, 0.2) is 0 Å². The van der Waals surface area contributed by atoms with E-state index in [1.807, 2.05) is 30.3 Å². The molecule has 2 rings (SSSR count). The fourth-order valence-corrected chi connectivity index (χ4v) is 2.23. The van der Waals surface area contributed by atoms with Crippen molar-refractivity contribution in [3.05, 3.63) is 59.1 Å². The van der Waals surface area contributed by atoms with Crippen molar-refractivity contribution in [1.82, 2.24) is 0 Å². The number of hydrogen-bond donors (Lipinski definition) is 3. The molecule has 0 unspecified atom stereocenters. The van der Waals surface area contributed by atoms with E-state index in [-0.39, 0.29) is 36.8 Å². The molecule has 0 radical (unpaired) electrons. The summed E-state index contributed by atoms with van der Waals surface area (Å²) < 4.78 is 5.12. The average molecular weight is 363 g/mol. The van der Waals surface area contributed by atoms with Gasteiger partial charge in [-0.05, 0) is 30.2 Å². The van der Waals surface area contributed by atoms with Crippen molar-refractivity contribution in [2.24, 2.45) is 5.73 Å². The van der Waals surface area contributed by atoms with E-state index in [0.29, 0.717) is 5.02 Å². The van der Waals surface area contributed by atoms with Crippen molar-refractivity contribution in [2.45, 2.75) is 25.5 Å². The highest BCUT2D eigenvalue weighted by atomic mass is 35.5. The third-order valence-corrected chi connectivity index (χ3v) is 3.68. The van der Waals surface area contributed by atoms with Gasteiger partial charge in [0.2, 0.25) is 5.91 Å². The van der Waals surface area contributed by atoms with E-state index in [4.69, 9.17) is 22.1 Å². The minimum Gasteiger partial charge on any atom is -0.506 e. The number of esters is 1. The van der Waals surface area contributed by atoms with Gasteiger partial charge in [0.25, 0.3) is 0 Å². The van der Waals surface area contributed by atoms with E-state index >= 15 is 0 Å². The topological polar surface area (TPSA) is 102 Å². The number of hydrogen-bond acceptors (Lipinski definition) is 5. The van der Waals surface area contributed by atoms with Crippen LogP contribution in [0.25, 0.3) is 0 Å². The number of benzene rings is 2. The molecule has 1 amide bonds. The largest absolute Gasteiger partial charge is 0.506 e. The van der Waals surface area contributed by atoms with Crippen molar-refractivity contribution < 1.29 is 19.4 Å². The van der Waals surface area contributed by atoms with Gasteiger partial charge < -0.3 is 20.9 Å². The zero-order valence-electron chi connectivity index (χ0n) is 13.4. The summed E-state index contributed by atoms with van der Waals surface area (Å²) in [6, 6.07) is 12.7. The molecule has 0 spiro atoms. The second-order valence-corrected chi connectivity index (χ2v) is 5.88. The first kappa shape index (κ1) is 18.8. The van der Waals surface area contributed by atoms with Crippen LogP contribution in [0.4, 0.5) is 5.69 Å². The molecule has 0 heterocycles. The Morgan fingerprint density at radius 3 is 2.64 bits per heavy atom. The highest BCUT2D eigenvalue weighted by molar-refractivity contribution is 6.31. The standard InChI is InChI=1S/C18H19ClN2O4/c19-13-6-8-16(22)15(10-13)21-17(23)9-7-14(20)18(24)25-11-12-4-2-1-3-5-12/h1-6,8,10,14,22H,7,9,11,20H2,(H,21,23)/t14-/m0/s1. The molecular weight excluding hydrogens is 344 g/mol. The van der Waals surface area contributed by atoms with Crippen molar-refractivity contribution in [1.29, 1.82) is 0 Å². The van der Waals surface area contributed by atoms with Crippen molar-refractivity contribution in [3.63, 3.8) is 0 Å². The third-order valence-electron chi connectivity index (χ3n) is 3.44. The molecule has 0 aliphatic carbocycles. The van der Waals surface area contributed by atoms with E-state index in [1.165, 1.54) is 18.2 Å². The number of ether oxygens (including phenoxy) is 1. The second kappa shape index (κ2) is 9.05. The normalized spacial score (nSPS) is 11.6. The number of aromatic hydroxyl groups is 1. The fraction of sp³-hybridized carbons (Fsp3) is 0.222. The molecule has 2 aromatic carbocycles. The van der Waals surface area contributed by atoms with Crippen molar-refractivity contribution >= 4 is 29.2 Å². The van der Waals surface area contributed by atoms with E-state index in [2.05, 4.69) is 5.32 Å². The minimum atomic E-state index is -0.901. The number of nitrogens with two attached hydrogens (primary N) is 1. The molecule has 1 atom stereocenters. The van der Waals surface area contributed by atoms with Gasteiger partial charge in [0, 0.05) is 11.4 Å². The molecule has 0 fully saturated rings. The Bertz CT molecular complexity index is 737. The van der Waals surface area contributed by atoms with E-state index in [1.54, 1.807) is 0 Å². The smallest absolute Gasteiger partial charge is 0.323 e. The lowest BCUT2D eigenvalue weighted by atomic mass is 10.1. The van der Waals surface area contributed by atoms with E-state index in [0.717, 1.165) is 5.56 Å². The fourth-order valence-electron chi connectivity index (χ4n) is 2.06. The van der Waals surface area contributed by atoms with Gasteiger partial charge in [-0.2, -0.15) is 0 Å². The summed E-state index contributed by atoms with van der Waals surface area (Å²) in [5, 5.41) is 12.6. The predicted molar refractivity (Wildman–Crippen MR) is 95.2 cm³/mol. The van der Waals surface area contributed by atoms with Gasteiger partial charge in [-0.3, -0.25) is 9.59 Å². The first-order chi connectivity index (χ1) is 12.0. The van der Waals surface area contributed by atoms with Gasteiger partial charge >= 0.3 is 5.97 Å². The van der Waals surface area contributed by atoms with Crippen LogP contribution in [0.2, 0.25) is 5.02 Å². The monoisotopic (exact) mass is 362 g/mol. The van der Waals surface area contributed by atoms with Crippen molar-refractivity contribution in [2.75, 3.05) is 5.32 Å². The van der Waals surface area contributed by atoms with Crippen LogP contribution in [0.3, 0.4) is 0 Å². The number of phenolic OH excluding ortho intramolecular Hbond substituents is 1. The zero-order valence-corrected chi connectivity index (χ0v) is 14.2. The molecule has 2 aromatic rings. The van der Waals surface area contributed by atoms with E-state index < -0.39 is 12.0 Å². The Morgan fingerprint density at radius 1 is 1.20 bits per heavy atom. The Labute approximate surface area is 150 Å². The second-order valence-electron chi connectivity index (χ2n) is 5.45. The molecule has 0 aliphatic heterocycles. The van der Waals surface area contributed by atoms with Gasteiger partial charge in [0.05, 0.1) is 5.69 Å². The maximum absolute atomic E-state index is 11.9. The van der Waals surface area contributed by atoms with Gasteiger partial charge in [0.1, 0.15) is 18.4 Å². The summed E-state index contributed by atoms with van der Waals surface area (Å²) in [4.78, 5) is 23.8. The Balaban J connectivity index is 1.76. The van der Waals surface area contributed by atoms with Gasteiger partial charge in [-0.1, -0.05) is 41.9 Å². The molecule has 0 bridgehead atoms. The number of halogens is 1. The summed E-state index contributed by atoms with van der Waals surface area (Å²) in [7, 11) is 0. The summed E-state index contributed by atoms with van der Waals surface area (Å²) in [6.45, 7) is 0.135. The van der Waals surface area contributed by atoms with E-state index in [9.17, 15) is 14.7 Å². The van der Waals surface area contributed by atoms with Crippen LogP contribution in [0.5, 0.6) is 5.75 Å². The number of carbonyl (C=O) groups excluding carboxylic acids is 2. The predicted octanol–water partition coefficient (Wildman–Crippen LogP) is 2.84. The van der Waals surface area contributed by atoms with Crippen LogP contribution in [0.15, 0.2) is 48.5 Å². The van der Waals surface area contributed by atoms with Crippen LogP contribution < -0.4 is 11.1 Å². The highest BCUT2D eigenvalue weighted by Crippen LogP contribution is 2.26. The lowest BCUT2D eigenvalue weighted by Gasteiger charge is -2.12. The number of rotatable bonds is 7. The summed E-state index contributed by atoms with van der Waals surface area (Å²) in [6.07, 6.45) is 0.133. The molecular formula is C18H19ClN2O4. The Kier molecular flexibility index (Phi) is 6.80. The molecule has 132 valence electrons. The van der Waals surface area contributed by atoms with Crippen LogP contribution in [0, 0.1) is 0 Å². The van der Waals surface area contributed by atoms with Crippen LogP contribution in [-0.2, 0) is 20.9 Å². The van der Waals surface area contributed by atoms with Crippen LogP contribution in [-0.4, -0.2) is 23.0 Å². The number of phenols is 1. The first-order valence-corrected chi connectivity index (χ1v) is 8.08. The SMILES string of the molecule is N[C@@H](CCC(=O)Nc1cc(Cl)ccc1O)C(=O)OCc1ccccc1. The number of carbonyl (C=O) groups is 2. The molecule has 6 nitrogen and oxygen atoms in total. The third kappa shape index (κ3) is 6.10. The number of nitrogens with one attached hydrogen (secondary N) is 1. The summed E-state index contributed by atoms with van der Waals surface area (Å²) in [5.41, 5.74) is 6.82. The Morgan fingerprint density at radius 2 is 1.92 bits per heavy atom. The highest BCUT2D eigenvalue weighted by Gasteiger charge is 2.17. The molecule has 25 heavy (non-hydrogen) atoms. The molecule has 7 heteroatoms. The summed E-state index contributed by atoms with van der Waals surface area (Å²) >= 11 is 5.81. The van der Waals surface area contributed by atoms with Crippen molar-refractivity contribution in [3.8, 4) is 5.75 Å². The molecule has 4 N–H and O–H groups in total. The maximum Gasteiger partial charge on any atom is 0.323 e. The number of anilines is 1. The average Bonchev–Trinajstić information content (AvgIpc) is 2.61. The summed E-state index contributed by atoms with van der Waals surface area (Å²) in [5.74, 6) is -1.05. The lowest BCUT2D eigenvalue weighted by molar-refractivity contribution is -0.146. The minimum absolute atomic E-state index is 0.00750.